The van der Waals surface area contributed by atoms with E-state index in [0.717, 1.165) is 44.0 Å². The van der Waals surface area contributed by atoms with Crippen LogP contribution in [0.25, 0.3) is 0 Å². The van der Waals surface area contributed by atoms with Gasteiger partial charge in [0, 0.05) is 38.0 Å². The molecule has 2 aliphatic heterocycles. The van der Waals surface area contributed by atoms with Gasteiger partial charge < -0.3 is 20.1 Å². The van der Waals surface area contributed by atoms with E-state index in [1.54, 1.807) is 0 Å². The van der Waals surface area contributed by atoms with Gasteiger partial charge in [0.15, 0.2) is 11.5 Å². The van der Waals surface area contributed by atoms with Gasteiger partial charge in [-0.05, 0) is 31.5 Å². The molecule has 1 amide bonds. The number of nitrogens with one attached hydrogen (secondary N) is 2. The van der Waals surface area contributed by atoms with E-state index in [1.165, 1.54) is 0 Å². The molecule has 1 aromatic carbocycles. The highest BCUT2D eigenvalue weighted by atomic mass is 19.3. The average Bonchev–Trinajstić information content (AvgIpc) is 2.65. The summed E-state index contributed by atoms with van der Waals surface area (Å²) in [5, 5.41) is 5.93. The minimum Gasteiger partial charge on any atom is -0.486 e. The molecule has 2 fully saturated rings. The first-order valence-corrected chi connectivity index (χ1v) is 9.98. The summed E-state index contributed by atoms with van der Waals surface area (Å²) in [5.74, 6) is -1.15. The fraction of sp³-hybridized carbons (Fsp3) is 0.650. The molecule has 1 aliphatic carbocycles. The van der Waals surface area contributed by atoms with E-state index >= 15 is 0 Å². The zero-order chi connectivity index (χ0) is 19.6. The topological polar surface area (TPSA) is 62.8 Å². The van der Waals surface area contributed by atoms with Gasteiger partial charge in [0.05, 0.1) is 6.54 Å². The van der Waals surface area contributed by atoms with Crippen LogP contribution >= 0.6 is 0 Å². The number of rotatable bonds is 6. The lowest BCUT2D eigenvalue weighted by Gasteiger charge is -2.37. The van der Waals surface area contributed by atoms with E-state index in [2.05, 4.69) is 15.5 Å². The summed E-state index contributed by atoms with van der Waals surface area (Å²) in [4.78, 5) is 14.4. The number of piperidine rings is 1. The monoisotopic (exact) mass is 395 g/mol. The maximum Gasteiger partial charge on any atom is 0.251 e. The largest absolute Gasteiger partial charge is 0.486 e. The highest BCUT2D eigenvalue weighted by Gasteiger charge is 2.45. The van der Waals surface area contributed by atoms with Gasteiger partial charge in [-0.3, -0.25) is 9.69 Å². The number of hydrogen-bond acceptors (Lipinski definition) is 5. The third-order valence-electron chi connectivity index (χ3n) is 5.54. The van der Waals surface area contributed by atoms with E-state index in [-0.39, 0.29) is 43.5 Å². The molecule has 2 atom stereocenters. The lowest BCUT2D eigenvalue weighted by molar-refractivity contribution is -0.123. The van der Waals surface area contributed by atoms with E-state index in [1.807, 2.05) is 24.3 Å². The van der Waals surface area contributed by atoms with Gasteiger partial charge in [0.2, 0.25) is 5.91 Å². The van der Waals surface area contributed by atoms with E-state index in [0.29, 0.717) is 6.61 Å². The fourth-order valence-corrected chi connectivity index (χ4v) is 4.10. The van der Waals surface area contributed by atoms with Gasteiger partial charge in [-0.2, -0.15) is 0 Å². The normalized spacial score (nSPS) is 27.1. The van der Waals surface area contributed by atoms with Crippen LogP contribution in [0.1, 0.15) is 25.7 Å². The molecule has 4 rings (SSSR count). The third-order valence-corrected chi connectivity index (χ3v) is 5.54. The average molecular weight is 395 g/mol. The van der Waals surface area contributed by atoms with Crippen LogP contribution < -0.4 is 20.1 Å². The van der Waals surface area contributed by atoms with Crippen molar-refractivity contribution in [3.63, 3.8) is 0 Å². The number of carbonyl (C=O) groups is 1. The van der Waals surface area contributed by atoms with Crippen LogP contribution in [0.2, 0.25) is 0 Å². The molecule has 0 radical (unpaired) electrons. The van der Waals surface area contributed by atoms with Crippen molar-refractivity contribution >= 4 is 5.91 Å². The molecule has 154 valence electrons. The number of carbonyl (C=O) groups excluding carboxylic acids is 1. The molecular formula is C20H27F2N3O3. The number of benzene rings is 1. The van der Waals surface area contributed by atoms with Gasteiger partial charge >= 0.3 is 0 Å². The Morgan fingerprint density at radius 2 is 2.00 bits per heavy atom. The Balaban J connectivity index is 1.19. The first-order valence-electron chi connectivity index (χ1n) is 9.98. The number of para-hydroxylation sites is 2. The molecule has 0 spiro atoms. The van der Waals surface area contributed by atoms with Gasteiger partial charge in [0.25, 0.3) is 5.92 Å². The predicted octanol–water partition coefficient (Wildman–Crippen LogP) is 1.79. The number of hydrogen-bond donors (Lipinski definition) is 2. The molecule has 0 bridgehead atoms. The second kappa shape index (κ2) is 8.21. The maximum atomic E-state index is 12.8. The first kappa shape index (κ1) is 19.4. The highest BCUT2D eigenvalue weighted by molar-refractivity contribution is 5.78. The summed E-state index contributed by atoms with van der Waals surface area (Å²) in [6, 6.07) is 7.47. The Kier molecular flexibility index (Phi) is 5.68. The van der Waals surface area contributed by atoms with Crippen molar-refractivity contribution in [2.24, 2.45) is 0 Å². The van der Waals surface area contributed by atoms with Crippen molar-refractivity contribution in [1.82, 2.24) is 15.5 Å². The summed E-state index contributed by atoms with van der Waals surface area (Å²) in [6.45, 7) is 3.07. The first-order chi connectivity index (χ1) is 13.5. The van der Waals surface area contributed by atoms with Gasteiger partial charge in [-0.15, -0.1) is 0 Å². The lowest BCUT2D eigenvalue weighted by Crippen LogP contribution is -2.54. The molecule has 3 aliphatic rings. The molecule has 0 aromatic heterocycles. The van der Waals surface area contributed by atoms with E-state index < -0.39 is 5.92 Å². The Morgan fingerprint density at radius 3 is 2.79 bits per heavy atom. The number of ether oxygens (including phenoxy) is 2. The molecule has 1 saturated carbocycles. The molecule has 2 unspecified atom stereocenters. The van der Waals surface area contributed by atoms with Crippen LogP contribution in [-0.2, 0) is 4.79 Å². The molecular weight excluding hydrogens is 368 g/mol. The molecule has 1 aromatic rings. The summed E-state index contributed by atoms with van der Waals surface area (Å²) in [7, 11) is 0. The minimum atomic E-state index is -2.57. The lowest BCUT2D eigenvalue weighted by atomic mass is 9.88. The summed E-state index contributed by atoms with van der Waals surface area (Å²) in [6.07, 6.45) is 1.53. The standard InChI is InChI=1S/C20H27F2N3O3/c21-20(22)8-15(9-20)23-10-19(26)24-14-4-3-7-25(11-14)12-16-13-27-17-5-1-2-6-18(17)28-16/h1-2,5-6,14-16,23H,3-4,7-13H2,(H,24,26). The van der Waals surface area contributed by atoms with Crippen LogP contribution in [0.3, 0.4) is 0 Å². The maximum absolute atomic E-state index is 12.8. The Morgan fingerprint density at radius 1 is 1.21 bits per heavy atom. The van der Waals surface area contributed by atoms with Crippen molar-refractivity contribution in [2.75, 3.05) is 32.8 Å². The predicted molar refractivity (Wildman–Crippen MR) is 99.9 cm³/mol. The van der Waals surface area contributed by atoms with Crippen molar-refractivity contribution < 1.29 is 23.0 Å². The van der Waals surface area contributed by atoms with Crippen molar-refractivity contribution in [2.45, 2.75) is 49.8 Å². The number of amides is 1. The second-order valence-electron chi connectivity index (χ2n) is 8.01. The van der Waals surface area contributed by atoms with Crippen LogP contribution in [-0.4, -0.2) is 67.7 Å². The minimum absolute atomic E-state index is 0.0358. The van der Waals surface area contributed by atoms with Crippen LogP contribution in [0.4, 0.5) is 8.78 Å². The number of nitrogens with zero attached hydrogens (tertiary/aromatic N) is 1. The van der Waals surface area contributed by atoms with E-state index in [9.17, 15) is 13.6 Å². The second-order valence-corrected chi connectivity index (χ2v) is 8.01. The van der Waals surface area contributed by atoms with Gasteiger partial charge in [0.1, 0.15) is 12.7 Å². The smallest absolute Gasteiger partial charge is 0.251 e. The van der Waals surface area contributed by atoms with E-state index in [4.69, 9.17) is 9.47 Å². The number of halogens is 2. The Bertz CT molecular complexity index is 695. The summed E-state index contributed by atoms with van der Waals surface area (Å²) < 4.78 is 37.5. The van der Waals surface area contributed by atoms with Crippen LogP contribution in [0, 0.1) is 0 Å². The molecule has 8 heteroatoms. The van der Waals surface area contributed by atoms with Crippen molar-refractivity contribution in [3.8, 4) is 11.5 Å². The Hall–Kier alpha value is -1.93. The van der Waals surface area contributed by atoms with Gasteiger partial charge in [-0.1, -0.05) is 12.1 Å². The zero-order valence-corrected chi connectivity index (χ0v) is 15.8. The van der Waals surface area contributed by atoms with Crippen LogP contribution in [0.15, 0.2) is 24.3 Å². The SMILES string of the molecule is O=C(CNC1CC(F)(F)C1)NC1CCCN(CC2COc3ccccc3O2)C1. The van der Waals surface area contributed by atoms with Crippen molar-refractivity contribution in [1.29, 1.82) is 0 Å². The van der Waals surface area contributed by atoms with Crippen LogP contribution in [0.5, 0.6) is 11.5 Å². The Labute approximate surface area is 163 Å². The number of fused-ring (bicyclic) bond motifs is 1. The summed E-state index contributed by atoms with van der Waals surface area (Å²) >= 11 is 0. The highest BCUT2D eigenvalue weighted by Crippen LogP contribution is 2.37. The molecule has 6 nitrogen and oxygen atoms in total. The molecule has 2 N–H and O–H groups in total. The number of alkyl halides is 2. The third kappa shape index (κ3) is 4.91. The summed E-state index contributed by atoms with van der Waals surface area (Å²) in [5.41, 5.74) is 0. The van der Waals surface area contributed by atoms with Crippen molar-refractivity contribution in [3.05, 3.63) is 24.3 Å². The quantitative estimate of drug-likeness (QED) is 0.769. The number of likely N-dealkylation sites (tertiary alicyclic amines) is 1. The van der Waals surface area contributed by atoms with Gasteiger partial charge in [-0.25, -0.2) is 8.78 Å². The molecule has 2 heterocycles. The molecule has 1 saturated heterocycles. The zero-order valence-electron chi connectivity index (χ0n) is 15.8. The molecule has 28 heavy (non-hydrogen) atoms. The fourth-order valence-electron chi connectivity index (χ4n) is 4.10.